The quantitative estimate of drug-likeness (QED) is 0.507. The molecule has 158 valence electrons. The summed E-state index contributed by atoms with van der Waals surface area (Å²) in [7, 11) is -3.67. The molecule has 11 heteroatoms. The summed E-state index contributed by atoms with van der Waals surface area (Å²) in [5.41, 5.74) is 0.00124. The number of halogens is 2. The first-order chi connectivity index (χ1) is 14.2. The highest BCUT2D eigenvalue weighted by Gasteiger charge is 2.32. The zero-order chi connectivity index (χ0) is 21.9. The fourth-order valence-electron chi connectivity index (χ4n) is 2.86. The molecular formula is C19H19F2N5O3S. The number of anilines is 1. The van der Waals surface area contributed by atoms with Gasteiger partial charge in [0.15, 0.2) is 23.2 Å². The predicted molar refractivity (Wildman–Crippen MR) is 107 cm³/mol. The molecule has 8 nitrogen and oxygen atoms in total. The molecule has 1 aliphatic rings. The van der Waals surface area contributed by atoms with E-state index in [0.717, 1.165) is 16.6 Å². The molecule has 1 aliphatic heterocycles. The molecule has 1 aromatic heterocycles. The number of nitrogens with one attached hydrogen (secondary N) is 2. The molecule has 0 saturated carbocycles. The predicted octanol–water partition coefficient (Wildman–Crippen LogP) is 1.93. The van der Waals surface area contributed by atoms with Gasteiger partial charge in [0.2, 0.25) is 10.0 Å². The number of hydrogen-bond acceptors (Lipinski definition) is 7. The van der Waals surface area contributed by atoms with E-state index < -0.39 is 33.3 Å². The largest absolute Gasteiger partial charge is 0.378 e. The van der Waals surface area contributed by atoms with Gasteiger partial charge >= 0.3 is 0 Å². The van der Waals surface area contributed by atoms with E-state index in [1.807, 2.05) is 0 Å². The Kier molecular flexibility index (Phi) is 6.20. The van der Waals surface area contributed by atoms with Crippen LogP contribution in [0.2, 0.25) is 0 Å². The lowest BCUT2D eigenvalue weighted by atomic mass is 10.2. The Labute approximate surface area is 172 Å². The maximum atomic E-state index is 14.1. The first-order valence-electron chi connectivity index (χ1n) is 9.01. The SMILES string of the molecule is CC(=O)/C(=C/C(=N)c1ncc(F)c(N2CCCS2(=O)=O)n1)NCc1ccccc1F. The number of aromatic nitrogens is 2. The summed E-state index contributed by atoms with van der Waals surface area (Å²) in [6, 6.07) is 6.04. The van der Waals surface area contributed by atoms with Crippen LogP contribution in [0.15, 0.2) is 42.2 Å². The van der Waals surface area contributed by atoms with Crippen molar-refractivity contribution in [2.45, 2.75) is 19.9 Å². The Morgan fingerprint density at radius 3 is 2.67 bits per heavy atom. The number of benzene rings is 1. The van der Waals surface area contributed by atoms with Crippen LogP contribution >= 0.6 is 0 Å². The van der Waals surface area contributed by atoms with E-state index in [4.69, 9.17) is 5.41 Å². The Bertz CT molecular complexity index is 1130. The average molecular weight is 435 g/mol. The van der Waals surface area contributed by atoms with Crippen molar-refractivity contribution < 1.29 is 22.0 Å². The van der Waals surface area contributed by atoms with Crippen LogP contribution < -0.4 is 9.62 Å². The highest BCUT2D eigenvalue weighted by atomic mass is 32.2. The van der Waals surface area contributed by atoms with Gasteiger partial charge in [0.05, 0.1) is 17.6 Å². The minimum absolute atomic E-state index is 0.00604. The fraction of sp³-hybridized carbons (Fsp3) is 0.263. The maximum absolute atomic E-state index is 14.1. The smallest absolute Gasteiger partial charge is 0.236 e. The van der Waals surface area contributed by atoms with Crippen LogP contribution in [-0.4, -0.2) is 42.2 Å². The summed E-state index contributed by atoms with van der Waals surface area (Å²) in [6.07, 6.45) is 2.26. The van der Waals surface area contributed by atoms with Gasteiger partial charge in [-0.2, -0.15) is 0 Å². The molecule has 30 heavy (non-hydrogen) atoms. The third kappa shape index (κ3) is 4.67. The van der Waals surface area contributed by atoms with Crippen LogP contribution in [-0.2, 0) is 21.4 Å². The lowest BCUT2D eigenvalue weighted by Gasteiger charge is -2.16. The van der Waals surface area contributed by atoms with Crippen LogP contribution in [0.3, 0.4) is 0 Å². The van der Waals surface area contributed by atoms with Gasteiger partial charge in [-0.25, -0.2) is 27.2 Å². The number of sulfonamides is 1. The topological polar surface area (TPSA) is 116 Å². The number of nitrogens with zero attached hydrogens (tertiary/aromatic N) is 3. The van der Waals surface area contributed by atoms with E-state index in [2.05, 4.69) is 15.3 Å². The van der Waals surface area contributed by atoms with Crippen molar-refractivity contribution in [2.75, 3.05) is 16.6 Å². The van der Waals surface area contributed by atoms with E-state index in [1.165, 1.54) is 13.0 Å². The summed E-state index contributed by atoms with van der Waals surface area (Å²) in [5.74, 6) is -2.58. The second-order valence-electron chi connectivity index (χ2n) is 6.58. The van der Waals surface area contributed by atoms with Crippen molar-refractivity contribution in [1.82, 2.24) is 15.3 Å². The third-order valence-electron chi connectivity index (χ3n) is 4.40. The number of carbonyl (C=O) groups excluding carboxylic acids is 1. The van der Waals surface area contributed by atoms with Crippen molar-refractivity contribution in [1.29, 1.82) is 5.41 Å². The lowest BCUT2D eigenvalue weighted by Crippen LogP contribution is -2.28. The zero-order valence-electron chi connectivity index (χ0n) is 16.0. The normalized spacial score (nSPS) is 15.8. The third-order valence-corrected chi connectivity index (χ3v) is 6.23. The summed E-state index contributed by atoms with van der Waals surface area (Å²) in [4.78, 5) is 19.5. The van der Waals surface area contributed by atoms with Crippen LogP contribution in [0.4, 0.5) is 14.6 Å². The van der Waals surface area contributed by atoms with Gasteiger partial charge in [0.1, 0.15) is 11.5 Å². The molecule has 1 saturated heterocycles. The Morgan fingerprint density at radius 1 is 1.30 bits per heavy atom. The molecule has 1 fully saturated rings. The Balaban J connectivity index is 1.85. The number of allylic oxidation sites excluding steroid dienone is 2. The van der Waals surface area contributed by atoms with Gasteiger partial charge in [0, 0.05) is 25.6 Å². The molecule has 1 aromatic carbocycles. The minimum Gasteiger partial charge on any atom is -0.378 e. The fourth-order valence-corrected chi connectivity index (χ4v) is 4.37. The molecule has 0 unspecified atom stereocenters. The summed E-state index contributed by atoms with van der Waals surface area (Å²) in [6.45, 7) is 1.36. The lowest BCUT2D eigenvalue weighted by molar-refractivity contribution is -0.114. The number of carbonyl (C=O) groups is 1. The maximum Gasteiger partial charge on any atom is 0.236 e. The van der Waals surface area contributed by atoms with Gasteiger partial charge in [-0.1, -0.05) is 18.2 Å². The number of Topliss-reactive ketones (excluding diaryl/α,β-unsaturated/α-hetero) is 1. The monoisotopic (exact) mass is 435 g/mol. The van der Waals surface area contributed by atoms with Gasteiger partial charge in [-0.15, -0.1) is 0 Å². The highest BCUT2D eigenvalue weighted by molar-refractivity contribution is 7.93. The van der Waals surface area contributed by atoms with Crippen molar-refractivity contribution in [3.8, 4) is 0 Å². The number of ketones is 1. The molecule has 0 bridgehead atoms. The van der Waals surface area contributed by atoms with Crippen molar-refractivity contribution in [2.24, 2.45) is 0 Å². The van der Waals surface area contributed by atoms with E-state index >= 15 is 0 Å². The second kappa shape index (κ2) is 8.66. The molecule has 2 N–H and O–H groups in total. The highest BCUT2D eigenvalue weighted by Crippen LogP contribution is 2.24. The van der Waals surface area contributed by atoms with Crippen LogP contribution in [0.25, 0.3) is 0 Å². The molecule has 0 amide bonds. The Hall–Kier alpha value is -3.21. The first kappa shape index (κ1) is 21.5. The first-order valence-corrected chi connectivity index (χ1v) is 10.6. The van der Waals surface area contributed by atoms with Gasteiger partial charge in [-0.3, -0.25) is 14.5 Å². The van der Waals surface area contributed by atoms with E-state index in [1.54, 1.807) is 18.2 Å². The minimum atomic E-state index is -3.67. The van der Waals surface area contributed by atoms with Crippen LogP contribution in [0.5, 0.6) is 0 Å². The van der Waals surface area contributed by atoms with Gasteiger partial charge in [0.25, 0.3) is 0 Å². The van der Waals surface area contributed by atoms with E-state index in [-0.39, 0.29) is 36.1 Å². The summed E-state index contributed by atoms with van der Waals surface area (Å²) in [5, 5.41) is 10.9. The van der Waals surface area contributed by atoms with Crippen molar-refractivity contribution in [3.05, 3.63) is 65.3 Å². The molecule has 0 aliphatic carbocycles. The molecule has 0 radical (unpaired) electrons. The summed E-state index contributed by atoms with van der Waals surface area (Å²) < 4.78 is 52.9. The molecule has 2 aromatic rings. The van der Waals surface area contributed by atoms with Gasteiger partial charge in [-0.05, 0) is 18.6 Å². The average Bonchev–Trinajstić information content (AvgIpc) is 3.05. The van der Waals surface area contributed by atoms with Crippen molar-refractivity contribution in [3.63, 3.8) is 0 Å². The zero-order valence-corrected chi connectivity index (χ0v) is 16.8. The number of hydrogen-bond donors (Lipinski definition) is 2. The second-order valence-corrected chi connectivity index (χ2v) is 8.59. The molecular weight excluding hydrogens is 416 g/mol. The van der Waals surface area contributed by atoms with Crippen LogP contribution in [0, 0.1) is 17.0 Å². The standard InChI is InChI=1S/C19H19F2N5O3S/c1-12(27)17(23-10-13-5-2-3-6-14(13)20)9-16(22)18-24-11-15(21)19(25-18)26-7-4-8-30(26,28)29/h2-3,5-6,9,11,22-23H,4,7-8,10H2,1H3/b17-9-,22-16?. The van der Waals surface area contributed by atoms with E-state index in [0.29, 0.717) is 12.0 Å². The van der Waals surface area contributed by atoms with E-state index in [9.17, 15) is 22.0 Å². The molecule has 0 spiro atoms. The van der Waals surface area contributed by atoms with Crippen LogP contribution in [0.1, 0.15) is 24.7 Å². The molecule has 3 rings (SSSR count). The summed E-state index contributed by atoms with van der Waals surface area (Å²) >= 11 is 0. The van der Waals surface area contributed by atoms with Gasteiger partial charge < -0.3 is 5.32 Å². The molecule has 0 atom stereocenters. The Morgan fingerprint density at radius 2 is 2.03 bits per heavy atom. The molecule has 2 heterocycles. The number of rotatable bonds is 7. The van der Waals surface area contributed by atoms with Crippen molar-refractivity contribution >= 4 is 27.3 Å².